The van der Waals surface area contributed by atoms with Crippen molar-refractivity contribution in [2.45, 2.75) is 52.8 Å². The quantitative estimate of drug-likeness (QED) is 0.328. The molecule has 35 heavy (non-hydrogen) atoms. The molecule has 0 bridgehead atoms. The van der Waals surface area contributed by atoms with Crippen LogP contribution in [0.2, 0.25) is 0 Å². The van der Waals surface area contributed by atoms with Crippen LogP contribution in [0, 0.1) is 6.92 Å². The number of hydrogen-bond acceptors (Lipinski definition) is 7. The first-order chi connectivity index (χ1) is 16.8. The van der Waals surface area contributed by atoms with Crippen molar-refractivity contribution in [3.05, 3.63) is 48.4 Å². The Hall–Kier alpha value is -3.36. The topological polar surface area (TPSA) is 92.7 Å². The van der Waals surface area contributed by atoms with Gasteiger partial charge in [0.05, 0.1) is 18.0 Å². The van der Waals surface area contributed by atoms with Crippen molar-refractivity contribution in [2.24, 2.45) is 0 Å². The Morgan fingerprint density at radius 3 is 2.49 bits per heavy atom. The monoisotopic (exact) mass is 478 g/mol. The van der Waals surface area contributed by atoms with Crippen LogP contribution in [0.25, 0.3) is 21.8 Å². The maximum Gasteiger partial charge on any atom is 0.230 e. The van der Waals surface area contributed by atoms with Crippen LogP contribution in [-0.4, -0.2) is 63.4 Å². The van der Waals surface area contributed by atoms with Crippen molar-refractivity contribution in [1.82, 2.24) is 19.9 Å². The van der Waals surface area contributed by atoms with Crippen LogP contribution in [0.1, 0.15) is 33.3 Å². The van der Waals surface area contributed by atoms with Crippen LogP contribution in [-0.2, 0) is 0 Å². The van der Waals surface area contributed by atoms with E-state index >= 15 is 0 Å². The number of nitrogens with zero attached hydrogens (tertiary/aromatic N) is 3. The smallest absolute Gasteiger partial charge is 0.230 e. The number of aromatic nitrogens is 3. The molecule has 0 aliphatic heterocycles. The largest absolute Gasteiger partial charge is 0.493 e. The van der Waals surface area contributed by atoms with Crippen LogP contribution in [0.4, 0.5) is 0 Å². The van der Waals surface area contributed by atoms with Crippen LogP contribution in [0.3, 0.4) is 0 Å². The molecule has 0 radical (unpaired) electrons. The lowest BCUT2D eigenvalue weighted by molar-refractivity contribution is 0.0439. The third kappa shape index (κ3) is 5.49. The fraction of sp³-hybridized carbons (Fsp3) is 0.407. The van der Waals surface area contributed by atoms with Gasteiger partial charge in [-0.1, -0.05) is 0 Å². The lowest BCUT2D eigenvalue weighted by Crippen LogP contribution is -2.43. The number of aliphatic hydroxyl groups excluding tert-OH is 1. The van der Waals surface area contributed by atoms with Crippen molar-refractivity contribution >= 4 is 21.8 Å². The van der Waals surface area contributed by atoms with Crippen LogP contribution in [0.5, 0.6) is 23.1 Å². The number of nitrogens with one attached hydrogen (secondary N) is 1. The second-order valence-electron chi connectivity index (χ2n) is 9.33. The molecule has 186 valence electrons. The van der Waals surface area contributed by atoms with Gasteiger partial charge in [-0.15, -0.1) is 0 Å². The number of aromatic amines is 1. The van der Waals surface area contributed by atoms with E-state index < -0.39 is 6.10 Å². The van der Waals surface area contributed by atoms with Gasteiger partial charge >= 0.3 is 0 Å². The zero-order valence-corrected chi connectivity index (χ0v) is 21.2. The molecule has 0 aliphatic carbocycles. The van der Waals surface area contributed by atoms with E-state index in [2.05, 4.69) is 54.5 Å². The molecule has 4 aromatic rings. The van der Waals surface area contributed by atoms with Crippen molar-refractivity contribution in [1.29, 1.82) is 0 Å². The standard InChI is InChI=1S/C27H34N4O4/c1-16(2)31(17(3)4)13-19(32)14-34-26-11-24-22(10-25(26)33-6)27(30-15-29-24)35-20-7-8-23-21(9-20)18(5)12-28-23/h7-12,15-17,19,28,32H,13-14H2,1-6H3/t19-/m1/s1. The number of fused-ring (bicyclic) bond motifs is 2. The molecule has 1 atom stereocenters. The number of ether oxygens (including phenoxy) is 3. The molecular formula is C27H34N4O4. The van der Waals surface area contributed by atoms with Crippen molar-refractivity contribution in [3.63, 3.8) is 0 Å². The number of H-pyrrole nitrogens is 1. The molecule has 2 heterocycles. The van der Waals surface area contributed by atoms with Crippen molar-refractivity contribution in [3.8, 4) is 23.1 Å². The highest BCUT2D eigenvalue weighted by molar-refractivity contribution is 5.88. The Balaban J connectivity index is 1.55. The number of methoxy groups -OCH3 is 1. The Morgan fingerprint density at radius 1 is 1.00 bits per heavy atom. The highest BCUT2D eigenvalue weighted by atomic mass is 16.5. The van der Waals surface area contributed by atoms with Crippen molar-refractivity contribution in [2.75, 3.05) is 20.3 Å². The molecule has 0 aliphatic rings. The second kappa shape index (κ2) is 10.5. The summed E-state index contributed by atoms with van der Waals surface area (Å²) in [4.78, 5) is 14.2. The summed E-state index contributed by atoms with van der Waals surface area (Å²) in [6.07, 6.45) is 2.80. The summed E-state index contributed by atoms with van der Waals surface area (Å²) in [6, 6.07) is 10.1. The molecule has 0 amide bonds. The Morgan fingerprint density at radius 2 is 1.77 bits per heavy atom. The summed E-state index contributed by atoms with van der Waals surface area (Å²) in [7, 11) is 1.58. The van der Waals surface area contributed by atoms with Gasteiger partial charge in [-0.2, -0.15) is 0 Å². The summed E-state index contributed by atoms with van der Waals surface area (Å²) < 4.78 is 17.7. The molecule has 0 fully saturated rings. The first-order valence-electron chi connectivity index (χ1n) is 11.9. The predicted molar refractivity (Wildman–Crippen MR) is 138 cm³/mol. The molecular weight excluding hydrogens is 444 g/mol. The predicted octanol–water partition coefficient (Wildman–Crippen LogP) is 5.08. The van der Waals surface area contributed by atoms with Gasteiger partial charge in [0.1, 0.15) is 24.8 Å². The lowest BCUT2D eigenvalue weighted by Gasteiger charge is -2.32. The van der Waals surface area contributed by atoms with E-state index in [4.69, 9.17) is 14.2 Å². The van der Waals surface area contributed by atoms with E-state index in [0.717, 1.165) is 16.5 Å². The van der Waals surface area contributed by atoms with Gasteiger partial charge in [0.15, 0.2) is 11.5 Å². The minimum Gasteiger partial charge on any atom is -0.493 e. The highest BCUT2D eigenvalue weighted by Gasteiger charge is 2.19. The van der Waals surface area contributed by atoms with E-state index in [1.54, 1.807) is 19.2 Å². The minimum atomic E-state index is -0.642. The fourth-order valence-corrected chi connectivity index (χ4v) is 4.31. The molecule has 4 rings (SSSR count). The van der Waals surface area contributed by atoms with Gasteiger partial charge in [0.25, 0.3) is 0 Å². The Kier molecular flexibility index (Phi) is 7.42. The van der Waals surface area contributed by atoms with Gasteiger partial charge in [-0.25, -0.2) is 9.97 Å². The van der Waals surface area contributed by atoms with Gasteiger partial charge in [-0.05, 0) is 64.4 Å². The average Bonchev–Trinajstić information content (AvgIpc) is 3.20. The number of aliphatic hydroxyl groups is 1. The SMILES string of the molecule is COc1cc2c(Oc3ccc4[nH]cc(C)c4c3)ncnc2cc1OC[C@H](O)CN(C(C)C)C(C)C. The van der Waals surface area contributed by atoms with Gasteiger partial charge < -0.3 is 24.3 Å². The minimum absolute atomic E-state index is 0.141. The Bertz CT molecular complexity index is 1290. The molecule has 0 unspecified atom stereocenters. The molecule has 0 saturated carbocycles. The summed E-state index contributed by atoms with van der Waals surface area (Å²) in [6.45, 7) is 11.2. The van der Waals surface area contributed by atoms with E-state index in [-0.39, 0.29) is 6.61 Å². The van der Waals surface area contributed by atoms with E-state index in [9.17, 15) is 5.11 Å². The van der Waals surface area contributed by atoms with Crippen LogP contribution < -0.4 is 14.2 Å². The third-order valence-electron chi connectivity index (χ3n) is 6.14. The number of hydrogen-bond donors (Lipinski definition) is 2. The average molecular weight is 479 g/mol. The van der Waals surface area contributed by atoms with Crippen LogP contribution >= 0.6 is 0 Å². The summed E-state index contributed by atoms with van der Waals surface area (Å²) in [5.74, 6) is 2.14. The number of benzene rings is 2. The molecule has 0 saturated heterocycles. The normalized spacial score (nSPS) is 12.7. The first kappa shape index (κ1) is 24.8. The first-order valence-corrected chi connectivity index (χ1v) is 11.9. The second-order valence-corrected chi connectivity index (χ2v) is 9.33. The van der Waals surface area contributed by atoms with Gasteiger partial charge in [-0.3, -0.25) is 4.90 Å². The lowest BCUT2D eigenvalue weighted by atomic mass is 10.2. The van der Waals surface area contributed by atoms with Gasteiger partial charge in [0.2, 0.25) is 5.88 Å². The Labute approximate surface area is 205 Å². The van der Waals surface area contributed by atoms with Crippen molar-refractivity contribution < 1.29 is 19.3 Å². The fourth-order valence-electron chi connectivity index (χ4n) is 4.31. The summed E-state index contributed by atoms with van der Waals surface area (Å²) >= 11 is 0. The molecule has 8 nitrogen and oxygen atoms in total. The molecule has 2 aromatic carbocycles. The zero-order chi connectivity index (χ0) is 25.1. The summed E-state index contributed by atoms with van der Waals surface area (Å²) in [5.41, 5.74) is 2.86. The maximum atomic E-state index is 10.6. The van der Waals surface area contributed by atoms with Crippen LogP contribution in [0.15, 0.2) is 42.9 Å². The molecule has 2 aromatic heterocycles. The molecule has 8 heteroatoms. The zero-order valence-electron chi connectivity index (χ0n) is 21.2. The maximum absolute atomic E-state index is 10.6. The van der Waals surface area contributed by atoms with E-state index in [0.29, 0.717) is 52.7 Å². The number of aryl methyl sites for hydroxylation is 1. The third-order valence-corrected chi connectivity index (χ3v) is 6.14. The van der Waals surface area contributed by atoms with E-state index in [1.807, 2.05) is 24.4 Å². The number of rotatable bonds is 10. The molecule has 0 spiro atoms. The van der Waals surface area contributed by atoms with Gasteiger partial charge in [0, 0.05) is 41.8 Å². The van der Waals surface area contributed by atoms with E-state index in [1.165, 1.54) is 6.33 Å². The summed E-state index contributed by atoms with van der Waals surface area (Å²) in [5, 5.41) is 12.4. The highest BCUT2D eigenvalue weighted by Crippen LogP contribution is 2.36. The molecule has 2 N–H and O–H groups in total.